The van der Waals surface area contributed by atoms with Gasteiger partial charge in [-0.25, -0.2) is 4.79 Å². The molecule has 2 aliphatic rings. The van der Waals surface area contributed by atoms with Gasteiger partial charge in [0.1, 0.15) is 0 Å². The van der Waals surface area contributed by atoms with Crippen LogP contribution in [0, 0.1) is 5.92 Å². The molecule has 1 aliphatic heterocycles. The molecular weight excluding hydrogens is 258 g/mol. The number of amides is 2. The van der Waals surface area contributed by atoms with Gasteiger partial charge in [0.25, 0.3) is 11.8 Å². The maximum atomic E-state index is 12.1. The smallest absolute Gasteiger partial charge is 0.330 e. The second kappa shape index (κ2) is 4.44. The molecule has 0 aromatic heterocycles. The average Bonchev–Trinajstić information content (AvgIpc) is 3.07. The predicted molar refractivity (Wildman–Crippen MR) is 69.1 cm³/mol. The van der Waals surface area contributed by atoms with Gasteiger partial charge < -0.3 is 4.84 Å². The van der Waals surface area contributed by atoms with E-state index in [0.29, 0.717) is 11.5 Å². The van der Waals surface area contributed by atoms with Gasteiger partial charge in [0.15, 0.2) is 0 Å². The third-order valence-electron chi connectivity index (χ3n) is 4.14. The quantitative estimate of drug-likeness (QED) is 0.784. The van der Waals surface area contributed by atoms with Gasteiger partial charge in [-0.3, -0.25) is 9.59 Å². The lowest BCUT2D eigenvalue weighted by molar-refractivity contribution is -0.198. The number of nitrogens with zero attached hydrogens (tertiary/aromatic N) is 1. The van der Waals surface area contributed by atoms with Crippen molar-refractivity contribution in [3.05, 3.63) is 35.9 Å². The normalized spacial score (nSPS) is 28.6. The van der Waals surface area contributed by atoms with E-state index in [9.17, 15) is 14.4 Å². The van der Waals surface area contributed by atoms with E-state index in [-0.39, 0.29) is 24.2 Å². The van der Waals surface area contributed by atoms with Crippen LogP contribution in [0.2, 0.25) is 0 Å². The Morgan fingerprint density at radius 3 is 2.40 bits per heavy atom. The number of hydroxylamine groups is 2. The first-order valence-corrected chi connectivity index (χ1v) is 6.65. The average molecular weight is 273 g/mol. The Hall–Kier alpha value is -2.17. The van der Waals surface area contributed by atoms with Gasteiger partial charge in [0.2, 0.25) is 0 Å². The second-order valence-electron chi connectivity index (χ2n) is 5.53. The molecule has 2 amide bonds. The molecule has 0 radical (unpaired) electrons. The molecule has 3 rings (SSSR count). The summed E-state index contributed by atoms with van der Waals surface area (Å²) >= 11 is 0. The topological polar surface area (TPSA) is 63.7 Å². The van der Waals surface area contributed by atoms with E-state index in [1.807, 2.05) is 37.3 Å². The van der Waals surface area contributed by atoms with Crippen molar-refractivity contribution in [1.29, 1.82) is 0 Å². The van der Waals surface area contributed by atoms with Crippen LogP contribution in [0.15, 0.2) is 30.3 Å². The molecule has 1 saturated heterocycles. The van der Waals surface area contributed by atoms with Crippen molar-refractivity contribution in [3.8, 4) is 0 Å². The van der Waals surface area contributed by atoms with Crippen molar-refractivity contribution in [1.82, 2.24) is 5.06 Å². The lowest BCUT2D eigenvalue weighted by atomic mass is 9.96. The second-order valence-corrected chi connectivity index (χ2v) is 5.53. The number of hydrogen-bond acceptors (Lipinski definition) is 4. The zero-order chi connectivity index (χ0) is 14.3. The third kappa shape index (κ3) is 1.99. The molecule has 0 N–H and O–H groups in total. The molecule has 0 spiro atoms. The van der Waals surface area contributed by atoms with Crippen LogP contribution in [-0.4, -0.2) is 22.8 Å². The van der Waals surface area contributed by atoms with Crippen LogP contribution in [0.5, 0.6) is 0 Å². The molecule has 5 nitrogen and oxygen atoms in total. The Kier molecular flexibility index (Phi) is 2.85. The summed E-state index contributed by atoms with van der Waals surface area (Å²) in [5.41, 5.74) is 0.811. The minimum Gasteiger partial charge on any atom is -0.330 e. The zero-order valence-corrected chi connectivity index (χ0v) is 11.2. The molecule has 2 fully saturated rings. The highest BCUT2D eigenvalue weighted by atomic mass is 16.7. The van der Waals surface area contributed by atoms with E-state index in [1.54, 1.807) is 0 Å². The van der Waals surface area contributed by atoms with Crippen molar-refractivity contribution in [2.75, 3.05) is 0 Å². The number of carbonyl (C=O) groups is 3. The van der Waals surface area contributed by atoms with Crippen LogP contribution >= 0.6 is 0 Å². The molecule has 104 valence electrons. The van der Waals surface area contributed by atoms with E-state index in [2.05, 4.69) is 0 Å². The van der Waals surface area contributed by atoms with E-state index in [0.717, 1.165) is 5.56 Å². The molecular formula is C15H15NO4. The first kappa shape index (κ1) is 12.8. The zero-order valence-electron chi connectivity index (χ0n) is 11.2. The monoisotopic (exact) mass is 273 g/mol. The van der Waals surface area contributed by atoms with Crippen molar-refractivity contribution < 1.29 is 19.2 Å². The van der Waals surface area contributed by atoms with Gasteiger partial charge >= 0.3 is 5.97 Å². The third-order valence-corrected chi connectivity index (χ3v) is 4.14. The van der Waals surface area contributed by atoms with Gasteiger partial charge in [0.05, 0.1) is 5.92 Å². The number of rotatable bonds is 3. The van der Waals surface area contributed by atoms with E-state index in [4.69, 9.17) is 4.84 Å². The Morgan fingerprint density at radius 2 is 1.80 bits per heavy atom. The Balaban J connectivity index is 1.69. The summed E-state index contributed by atoms with van der Waals surface area (Å²) in [5.74, 6) is -1.68. The van der Waals surface area contributed by atoms with Gasteiger partial charge in [-0.2, -0.15) is 0 Å². The van der Waals surface area contributed by atoms with Crippen LogP contribution in [0.4, 0.5) is 0 Å². The standard InChI is InChI=1S/C15H15NO4/c1-15(10-5-3-2-4-6-10)9-11(15)14(19)20-16-12(17)7-8-13(16)18/h2-6,11H,7-9H2,1H3/t11-,15+/m1/s1. The van der Waals surface area contributed by atoms with Crippen molar-refractivity contribution in [3.63, 3.8) is 0 Å². The molecule has 1 heterocycles. The molecule has 20 heavy (non-hydrogen) atoms. The lowest BCUT2D eigenvalue weighted by Gasteiger charge is -2.15. The van der Waals surface area contributed by atoms with Gasteiger partial charge in [-0.05, 0) is 12.0 Å². The fourth-order valence-corrected chi connectivity index (χ4v) is 2.66. The SMILES string of the molecule is C[C@@]1(c2ccccc2)C[C@@H]1C(=O)ON1C(=O)CCC1=O. The van der Waals surface area contributed by atoms with E-state index >= 15 is 0 Å². The number of hydrogen-bond donors (Lipinski definition) is 0. The van der Waals surface area contributed by atoms with Crippen LogP contribution < -0.4 is 0 Å². The molecule has 5 heteroatoms. The molecule has 0 bridgehead atoms. The number of imide groups is 1. The minimum absolute atomic E-state index is 0.118. The summed E-state index contributed by atoms with van der Waals surface area (Å²) in [7, 11) is 0. The molecule has 1 aromatic carbocycles. The molecule has 0 unspecified atom stereocenters. The molecule has 1 aliphatic carbocycles. The Labute approximate surface area is 116 Å². The Morgan fingerprint density at radius 1 is 1.20 bits per heavy atom. The number of carbonyl (C=O) groups excluding carboxylic acids is 3. The number of benzene rings is 1. The highest BCUT2D eigenvalue weighted by Gasteiger charge is 2.57. The summed E-state index contributed by atoms with van der Waals surface area (Å²) in [6.45, 7) is 1.99. The van der Waals surface area contributed by atoms with Crippen LogP contribution in [-0.2, 0) is 24.6 Å². The van der Waals surface area contributed by atoms with Crippen molar-refractivity contribution in [2.24, 2.45) is 5.92 Å². The van der Waals surface area contributed by atoms with Crippen molar-refractivity contribution in [2.45, 2.75) is 31.6 Å². The van der Waals surface area contributed by atoms with Crippen LogP contribution in [0.1, 0.15) is 31.7 Å². The summed E-state index contributed by atoms with van der Waals surface area (Å²) in [5, 5.41) is 0.617. The van der Waals surface area contributed by atoms with Gasteiger partial charge in [0, 0.05) is 18.3 Å². The summed E-state index contributed by atoms with van der Waals surface area (Å²) in [4.78, 5) is 39.9. The Bertz CT molecular complexity index is 567. The summed E-state index contributed by atoms with van der Waals surface area (Å²) in [6, 6.07) is 9.71. The largest absolute Gasteiger partial charge is 0.337 e. The molecule has 1 aromatic rings. The van der Waals surface area contributed by atoms with E-state index in [1.165, 1.54) is 0 Å². The first-order valence-electron chi connectivity index (χ1n) is 6.65. The highest BCUT2D eigenvalue weighted by Crippen LogP contribution is 2.54. The van der Waals surface area contributed by atoms with E-state index < -0.39 is 17.8 Å². The fourth-order valence-electron chi connectivity index (χ4n) is 2.66. The van der Waals surface area contributed by atoms with Crippen LogP contribution in [0.3, 0.4) is 0 Å². The highest BCUT2D eigenvalue weighted by molar-refractivity contribution is 6.01. The van der Waals surface area contributed by atoms with Gasteiger partial charge in [-0.1, -0.05) is 37.3 Å². The summed E-state index contributed by atoms with van der Waals surface area (Å²) in [6.07, 6.45) is 0.908. The van der Waals surface area contributed by atoms with Gasteiger partial charge in [-0.15, -0.1) is 5.06 Å². The maximum absolute atomic E-state index is 12.1. The molecule has 2 atom stereocenters. The molecule has 1 saturated carbocycles. The van der Waals surface area contributed by atoms with Crippen molar-refractivity contribution >= 4 is 17.8 Å². The van der Waals surface area contributed by atoms with Crippen LogP contribution in [0.25, 0.3) is 0 Å². The first-order chi connectivity index (χ1) is 9.52. The summed E-state index contributed by atoms with van der Waals surface area (Å²) < 4.78 is 0. The lowest BCUT2D eigenvalue weighted by Crippen LogP contribution is -2.33. The maximum Gasteiger partial charge on any atom is 0.337 e. The fraction of sp³-hybridized carbons (Fsp3) is 0.400. The minimum atomic E-state index is -0.500. The predicted octanol–water partition coefficient (Wildman–Crippen LogP) is 1.57.